The summed E-state index contributed by atoms with van der Waals surface area (Å²) in [5.74, 6) is -0.0612. The number of carbonyl (C=O) groups excluding carboxylic acids is 1. The molecule has 0 radical (unpaired) electrons. The molecular formula is C21H27N3O. The fraction of sp³-hybridized carbons (Fsp3) is 0.381. The average molecular weight is 337 g/mol. The molecule has 0 bridgehead atoms. The number of anilines is 1. The summed E-state index contributed by atoms with van der Waals surface area (Å²) in [6.45, 7) is 7.71. The number of nitrogens with one attached hydrogen (secondary N) is 1. The molecular weight excluding hydrogens is 310 g/mol. The lowest BCUT2D eigenvalue weighted by atomic mass is 10.1. The van der Waals surface area contributed by atoms with Gasteiger partial charge in [-0.15, -0.1) is 0 Å². The zero-order chi connectivity index (χ0) is 17.6. The third-order valence-corrected chi connectivity index (χ3v) is 4.80. The van der Waals surface area contributed by atoms with Crippen molar-refractivity contribution >= 4 is 11.6 Å². The number of nitrogens with zero attached hydrogens (tertiary/aromatic N) is 2. The van der Waals surface area contributed by atoms with Gasteiger partial charge in [0.15, 0.2) is 0 Å². The zero-order valence-corrected chi connectivity index (χ0v) is 15.2. The Morgan fingerprint density at radius 3 is 2.44 bits per heavy atom. The van der Waals surface area contributed by atoms with Crippen molar-refractivity contribution in [2.24, 2.45) is 0 Å². The number of likely N-dealkylation sites (N-methyl/N-ethyl adjacent to an activating group) is 1. The van der Waals surface area contributed by atoms with Crippen molar-refractivity contribution in [2.75, 3.05) is 45.1 Å². The highest BCUT2D eigenvalue weighted by atomic mass is 16.1. The molecule has 0 unspecified atom stereocenters. The Kier molecular flexibility index (Phi) is 5.84. The summed E-state index contributed by atoms with van der Waals surface area (Å²) in [6, 6.07) is 15.9. The van der Waals surface area contributed by atoms with E-state index in [4.69, 9.17) is 0 Å². The van der Waals surface area contributed by atoms with Gasteiger partial charge in [0, 0.05) is 44.0 Å². The summed E-state index contributed by atoms with van der Waals surface area (Å²) < 4.78 is 0. The standard InChI is InChI=1S/C21H27N3O/c1-17-4-3-5-19(16-17)21(25)22-20-8-6-18(7-9-20)10-11-24-14-12-23(2)13-15-24/h3-9,16H,10-15H2,1-2H3,(H,22,25). The Labute approximate surface area is 150 Å². The summed E-state index contributed by atoms with van der Waals surface area (Å²) in [5, 5.41) is 2.97. The van der Waals surface area contributed by atoms with Gasteiger partial charge in [0.2, 0.25) is 0 Å². The molecule has 2 aromatic rings. The van der Waals surface area contributed by atoms with Crippen LogP contribution < -0.4 is 5.32 Å². The van der Waals surface area contributed by atoms with Crippen molar-refractivity contribution in [3.05, 3.63) is 65.2 Å². The molecule has 1 N–H and O–H groups in total. The average Bonchev–Trinajstić information content (AvgIpc) is 2.62. The van der Waals surface area contributed by atoms with E-state index in [-0.39, 0.29) is 5.91 Å². The number of aryl methyl sites for hydroxylation is 1. The predicted molar refractivity (Wildman–Crippen MR) is 103 cm³/mol. The monoisotopic (exact) mass is 337 g/mol. The summed E-state index contributed by atoms with van der Waals surface area (Å²) in [5.41, 5.74) is 3.94. The molecule has 1 fully saturated rings. The lowest BCUT2D eigenvalue weighted by Crippen LogP contribution is -2.45. The quantitative estimate of drug-likeness (QED) is 0.911. The number of hydrogen-bond acceptors (Lipinski definition) is 3. The van der Waals surface area contributed by atoms with Crippen molar-refractivity contribution in [3.8, 4) is 0 Å². The third-order valence-electron chi connectivity index (χ3n) is 4.80. The van der Waals surface area contributed by atoms with E-state index in [0.29, 0.717) is 5.56 Å². The molecule has 0 saturated carbocycles. The highest BCUT2D eigenvalue weighted by molar-refractivity contribution is 6.04. The molecule has 0 aromatic heterocycles. The van der Waals surface area contributed by atoms with Gasteiger partial charge in [-0.25, -0.2) is 0 Å². The predicted octanol–water partition coefficient (Wildman–Crippen LogP) is 3.04. The fourth-order valence-corrected chi connectivity index (χ4v) is 3.10. The molecule has 4 heteroatoms. The maximum absolute atomic E-state index is 12.3. The third kappa shape index (κ3) is 5.15. The number of carbonyl (C=O) groups is 1. The van der Waals surface area contributed by atoms with Crippen molar-refractivity contribution in [1.29, 1.82) is 0 Å². The van der Waals surface area contributed by atoms with E-state index in [2.05, 4.69) is 34.3 Å². The Balaban J connectivity index is 1.51. The Bertz CT molecular complexity index is 703. The van der Waals surface area contributed by atoms with Gasteiger partial charge in [-0.1, -0.05) is 29.8 Å². The van der Waals surface area contributed by atoms with Crippen LogP contribution in [0.4, 0.5) is 5.69 Å². The van der Waals surface area contributed by atoms with Crippen LogP contribution in [0.3, 0.4) is 0 Å². The lowest BCUT2D eigenvalue weighted by Gasteiger charge is -2.32. The largest absolute Gasteiger partial charge is 0.322 e. The number of benzene rings is 2. The van der Waals surface area contributed by atoms with Crippen LogP contribution in [-0.2, 0) is 6.42 Å². The molecule has 1 amide bonds. The summed E-state index contributed by atoms with van der Waals surface area (Å²) >= 11 is 0. The topological polar surface area (TPSA) is 35.6 Å². The van der Waals surface area contributed by atoms with Gasteiger partial charge in [0.1, 0.15) is 0 Å². The van der Waals surface area contributed by atoms with E-state index in [1.165, 1.54) is 5.56 Å². The second-order valence-corrected chi connectivity index (χ2v) is 6.92. The molecule has 25 heavy (non-hydrogen) atoms. The normalized spacial score (nSPS) is 15.9. The molecule has 0 spiro atoms. The van der Waals surface area contributed by atoms with Crippen LogP contribution in [0.1, 0.15) is 21.5 Å². The molecule has 4 nitrogen and oxygen atoms in total. The first-order chi connectivity index (χ1) is 12.1. The molecule has 3 rings (SSSR count). The van der Waals surface area contributed by atoms with Gasteiger partial charge in [0.05, 0.1) is 0 Å². The number of amides is 1. The maximum Gasteiger partial charge on any atom is 0.255 e. The van der Waals surface area contributed by atoms with Gasteiger partial charge in [0.25, 0.3) is 5.91 Å². The first-order valence-electron chi connectivity index (χ1n) is 8.98. The Morgan fingerprint density at radius 2 is 1.76 bits per heavy atom. The minimum atomic E-state index is -0.0612. The van der Waals surface area contributed by atoms with Crippen molar-refractivity contribution in [2.45, 2.75) is 13.3 Å². The minimum absolute atomic E-state index is 0.0612. The van der Waals surface area contributed by atoms with E-state index in [0.717, 1.165) is 50.4 Å². The maximum atomic E-state index is 12.3. The van der Waals surface area contributed by atoms with Gasteiger partial charge in [-0.3, -0.25) is 4.79 Å². The van der Waals surface area contributed by atoms with Gasteiger partial charge >= 0.3 is 0 Å². The number of hydrogen-bond donors (Lipinski definition) is 1. The Morgan fingerprint density at radius 1 is 1.04 bits per heavy atom. The van der Waals surface area contributed by atoms with Crippen LogP contribution in [0, 0.1) is 6.92 Å². The van der Waals surface area contributed by atoms with E-state index < -0.39 is 0 Å². The summed E-state index contributed by atoms with van der Waals surface area (Å²) in [4.78, 5) is 17.2. The van der Waals surface area contributed by atoms with Crippen LogP contribution >= 0.6 is 0 Å². The van der Waals surface area contributed by atoms with Gasteiger partial charge in [-0.05, 0) is 50.2 Å². The van der Waals surface area contributed by atoms with Crippen LogP contribution in [0.15, 0.2) is 48.5 Å². The van der Waals surface area contributed by atoms with Gasteiger partial charge < -0.3 is 15.1 Å². The van der Waals surface area contributed by atoms with Crippen molar-refractivity contribution < 1.29 is 4.79 Å². The molecule has 1 aliphatic rings. The van der Waals surface area contributed by atoms with E-state index >= 15 is 0 Å². The van der Waals surface area contributed by atoms with Crippen molar-refractivity contribution in [1.82, 2.24) is 9.80 Å². The molecule has 2 aromatic carbocycles. The molecule has 1 heterocycles. The second-order valence-electron chi connectivity index (χ2n) is 6.92. The molecule has 132 valence electrons. The first-order valence-corrected chi connectivity index (χ1v) is 8.98. The fourth-order valence-electron chi connectivity index (χ4n) is 3.10. The molecule has 1 aliphatic heterocycles. The smallest absolute Gasteiger partial charge is 0.255 e. The lowest BCUT2D eigenvalue weighted by molar-refractivity contribution is 0.102. The van der Waals surface area contributed by atoms with Crippen molar-refractivity contribution in [3.63, 3.8) is 0 Å². The van der Waals surface area contributed by atoms with E-state index in [1.54, 1.807) is 0 Å². The van der Waals surface area contributed by atoms with E-state index in [9.17, 15) is 4.79 Å². The molecule has 1 saturated heterocycles. The van der Waals surface area contributed by atoms with E-state index in [1.807, 2.05) is 43.3 Å². The number of rotatable bonds is 5. The van der Waals surface area contributed by atoms with Crippen LogP contribution in [0.5, 0.6) is 0 Å². The zero-order valence-electron chi connectivity index (χ0n) is 15.2. The van der Waals surface area contributed by atoms with Crippen LogP contribution in [-0.4, -0.2) is 55.5 Å². The number of piperazine rings is 1. The molecule has 0 aliphatic carbocycles. The highest BCUT2D eigenvalue weighted by Gasteiger charge is 2.13. The SMILES string of the molecule is Cc1cccc(C(=O)Nc2ccc(CCN3CCN(C)CC3)cc2)c1. The first kappa shape index (κ1) is 17.6. The highest BCUT2D eigenvalue weighted by Crippen LogP contribution is 2.13. The van der Waals surface area contributed by atoms with Crippen LogP contribution in [0.2, 0.25) is 0 Å². The Hall–Kier alpha value is -2.17. The summed E-state index contributed by atoms with van der Waals surface area (Å²) in [6.07, 6.45) is 1.05. The van der Waals surface area contributed by atoms with Gasteiger partial charge in [-0.2, -0.15) is 0 Å². The second kappa shape index (κ2) is 8.28. The molecule has 0 atom stereocenters. The summed E-state index contributed by atoms with van der Waals surface area (Å²) in [7, 11) is 2.18. The van der Waals surface area contributed by atoms with Crippen LogP contribution in [0.25, 0.3) is 0 Å². The minimum Gasteiger partial charge on any atom is -0.322 e.